The van der Waals surface area contributed by atoms with Crippen LogP contribution in [0.4, 0.5) is 0 Å². The SMILES string of the molecule is CN1CCCC1CC(N)C(=O)O. The van der Waals surface area contributed by atoms with Gasteiger partial charge >= 0.3 is 5.97 Å². The van der Waals surface area contributed by atoms with E-state index in [0.717, 1.165) is 19.4 Å². The van der Waals surface area contributed by atoms with E-state index in [1.165, 1.54) is 0 Å². The Morgan fingerprint density at radius 2 is 2.50 bits per heavy atom. The fraction of sp³-hybridized carbons (Fsp3) is 0.875. The van der Waals surface area contributed by atoms with E-state index in [2.05, 4.69) is 4.90 Å². The zero-order chi connectivity index (χ0) is 9.14. The Labute approximate surface area is 72.3 Å². The molecule has 1 aliphatic rings. The van der Waals surface area contributed by atoms with Crippen LogP contribution in [-0.2, 0) is 4.79 Å². The first-order chi connectivity index (χ1) is 5.61. The summed E-state index contributed by atoms with van der Waals surface area (Å²) in [5, 5.41) is 8.59. The van der Waals surface area contributed by atoms with Gasteiger partial charge in [-0.2, -0.15) is 0 Å². The Hall–Kier alpha value is -0.610. The molecule has 0 amide bonds. The lowest BCUT2D eigenvalue weighted by Gasteiger charge is -2.20. The second kappa shape index (κ2) is 3.87. The molecule has 0 bridgehead atoms. The van der Waals surface area contributed by atoms with Crippen molar-refractivity contribution < 1.29 is 9.90 Å². The summed E-state index contributed by atoms with van der Waals surface area (Å²) in [4.78, 5) is 12.6. The van der Waals surface area contributed by atoms with Crippen molar-refractivity contribution in [3.05, 3.63) is 0 Å². The van der Waals surface area contributed by atoms with Crippen LogP contribution in [0.3, 0.4) is 0 Å². The number of hydrogen-bond acceptors (Lipinski definition) is 3. The number of carbonyl (C=O) groups is 1. The van der Waals surface area contributed by atoms with Crippen LogP contribution in [0, 0.1) is 0 Å². The van der Waals surface area contributed by atoms with E-state index < -0.39 is 12.0 Å². The Morgan fingerprint density at radius 3 is 2.92 bits per heavy atom. The molecular formula is C8H16N2O2. The van der Waals surface area contributed by atoms with Gasteiger partial charge in [0.2, 0.25) is 0 Å². The van der Waals surface area contributed by atoms with Gasteiger partial charge in [-0.25, -0.2) is 0 Å². The summed E-state index contributed by atoms with van der Waals surface area (Å²) < 4.78 is 0. The zero-order valence-corrected chi connectivity index (χ0v) is 7.36. The summed E-state index contributed by atoms with van der Waals surface area (Å²) in [5.41, 5.74) is 5.43. The normalized spacial score (nSPS) is 27.3. The number of carboxylic acids is 1. The van der Waals surface area contributed by atoms with Crippen LogP contribution in [0.25, 0.3) is 0 Å². The molecule has 2 unspecified atom stereocenters. The third-order valence-corrected chi connectivity index (χ3v) is 2.51. The lowest BCUT2D eigenvalue weighted by Crippen LogP contribution is -2.37. The molecule has 0 aromatic carbocycles. The topological polar surface area (TPSA) is 66.6 Å². The maximum absolute atomic E-state index is 10.5. The molecule has 0 spiro atoms. The zero-order valence-electron chi connectivity index (χ0n) is 7.36. The molecule has 0 radical (unpaired) electrons. The fourth-order valence-corrected chi connectivity index (χ4v) is 1.67. The van der Waals surface area contributed by atoms with Gasteiger partial charge in [-0.3, -0.25) is 4.79 Å². The van der Waals surface area contributed by atoms with Gasteiger partial charge in [-0.1, -0.05) is 0 Å². The van der Waals surface area contributed by atoms with Gasteiger partial charge in [0.25, 0.3) is 0 Å². The van der Waals surface area contributed by atoms with Crippen LogP contribution in [-0.4, -0.2) is 41.7 Å². The van der Waals surface area contributed by atoms with E-state index in [9.17, 15) is 4.79 Å². The number of nitrogens with two attached hydrogens (primary N) is 1. The molecule has 12 heavy (non-hydrogen) atoms. The summed E-state index contributed by atoms with van der Waals surface area (Å²) >= 11 is 0. The van der Waals surface area contributed by atoms with Crippen LogP contribution >= 0.6 is 0 Å². The van der Waals surface area contributed by atoms with Crippen molar-refractivity contribution in [3.8, 4) is 0 Å². The van der Waals surface area contributed by atoms with E-state index in [4.69, 9.17) is 10.8 Å². The van der Waals surface area contributed by atoms with Gasteiger partial charge in [0.1, 0.15) is 6.04 Å². The molecule has 4 nitrogen and oxygen atoms in total. The Kier molecular flexibility index (Phi) is 3.05. The first-order valence-corrected chi connectivity index (χ1v) is 4.30. The molecule has 1 rings (SSSR count). The molecule has 0 aromatic heterocycles. The molecule has 1 heterocycles. The molecule has 1 aliphatic heterocycles. The van der Waals surface area contributed by atoms with Crippen molar-refractivity contribution in [2.24, 2.45) is 5.73 Å². The predicted octanol–water partition coefficient (Wildman–Crippen LogP) is -0.117. The average molecular weight is 172 g/mol. The number of hydrogen-bond donors (Lipinski definition) is 2. The lowest BCUT2D eigenvalue weighted by molar-refractivity contribution is -0.138. The lowest BCUT2D eigenvalue weighted by atomic mass is 10.1. The largest absolute Gasteiger partial charge is 0.480 e. The van der Waals surface area contributed by atoms with Gasteiger partial charge in [0.05, 0.1) is 0 Å². The van der Waals surface area contributed by atoms with Crippen molar-refractivity contribution in [1.29, 1.82) is 0 Å². The highest BCUT2D eigenvalue weighted by Crippen LogP contribution is 2.18. The summed E-state index contributed by atoms with van der Waals surface area (Å²) in [5.74, 6) is -0.893. The van der Waals surface area contributed by atoms with Crippen molar-refractivity contribution in [2.75, 3.05) is 13.6 Å². The van der Waals surface area contributed by atoms with E-state index in [1.54, 1.807) is 0 Å². The maximum atomic E-state index is 10.5. The standard InChI is InChI=1S/C8H16N2O2/c1-10-4-2-3-6(10)5-7(9)8(11)12/h6-7H,2-5,9H2,1H3,(H,11,12). The van der Waals surface area contributed by atoms with E-state index in [-0.39, 0.29) is 0 Å². The highest BCUT2D eigenvalue weighted by Gasteiger charge is 2.25. The van der Waals surface area contributed by atoms with Crippen LogP contribution in [0.1, 0.15) is 19.3 Å². The van der Waals surface area contributed by atoms with E-state index >= 15 is 0 Å². The Bertz CT molecular complexity index is 172. The summed E-state index contributed by atoms with van der Waals surface area (Å²) in [6.07, 6.45) is 2.82. The number of aliphatic carboxylic acids is 1. The van der Waals surface area contributed by atoms with Gasteiger partial charge in [-0.15, -0.1) is 0 Å². The van der Waals surface area contributed by atoms with E-state index in [1.807, 2.05) is 7.05 Å². The summed E-state index contributed by atoms with van der Waals surface area (Å²) in [7, 11) is 2.02. The molecule has 70 valence electrons. The number of rotatable bonds is 3. The minimum absolute atomic E-state index is 0.371. The molecule has 4 heteroatoms. The highest BCUT2D eigenvalue weighted by molar-refractivity contribution is 5.73. The van der Waals surface area contributed by atoms with Gasteiger partial charge < -0.3 is 15.7 Å². The van der Waals surface area contributed by atoms with Crippen molar-refractivity contribution in [3.63, 3.8) is 0 Å². The van der Waals surface area contributed by atoms with Gasteiger partial charge in [0, 0.05) is 6.04 Å². The molecule has 3 N–H and O–H groups in total. The molecule has 1 saturated heterocycles. The molecule has 2 atom stereocenters. The highest BCUT2D eigenvalue weighted by atomic mass is 16.4. The van der Waals surface area contributed by atoms with Crippen LogP contribution < -0.4 is 5.73 Å². The average Bonchev–Trinajstić information content (AvgIpc) is 2.36. The summed E-state index contributed by atoms with van der Waals surface area (Å²) in [6.45, 7) is 1.07. The predicted molar refractivity (Wildman–Crippen MR) is 45.9 cm³/mol. The monoisotopic (exact) mass is 172 g/mol. The minimum atomic E-state index is -0.893. The second-order valence-electron chi connectivity index (χ2n) is 3.46. The van der Waals surface area contributed by atoms with Gasteiger partial charge in [0.15, 0.2) is 0 Å². The Morgan fingerprint density at radius 1 is 1.83 bits per heavy atom. The van der Waals surface area contributed by atoms with Crippen molar-refractivity contribution in [2.45, 2.75) is 31.3 Å². The minimum Gasteiger partial charge on any atom is -0.480 e. The van der Waals surface area contributed by atoms with Crippen LogP contribution in [0.2, 0.25) is 0 Å². The van der Waals surface area contributed by atoms with Gasteiger partial charge in [-0.05, 0) is 32.9 Å². The quantitative estimate of drug-likeness (QED) is 0.623. The van der Waals surface area contributed by atoms with Crippen LogP contribution in [0.15, 0.2) is 0 Å². The summed E-state index contributed by atoms with van der Waals surface area (Å²) in [6, 6.07) is -0.327. The third kappa shape index (κ3) is 2.19. The molecule has 0 aromatic rings. The molecule has 1 fully saturated rings. The molecular weight excluding hydrogens is 156 g/mol. The number of carboxylic acid groups (broad SMARTS) is 1. The first-order valence-electron chi connectivity index (χ1n) is 4.30. The third-order valence-electron chi connectivity index (χ3n) is 2.51. The maximum Gasteiger partial charge on any atom is 0.320 e. The smallest absolute Gasteiger partial charge is 0.320 e. The van der Waals surface area contributed by atoms with Crippen molar-refractivity contribution in [1.82, 2.24) is 4.90 Å². The fourth-order valence-electron chi connectivity index (χ4n) is 1.67. The Balaban J connectivity index is 2.35. The number of likely N-dealkylation sites (tertiary alicyclic amines) is 1. The second-order valence-corrected chi connectivity index (χ2v) is 3.46. The van der Waals surface area contributed by atoms with Crippen molar-refractivity contribution >= 4 is 5.97 Å². The molecule has 0 saturated carbocycles. The van der Waals surface area contributed by atoms with E-state index in [0.29, 0.717) is 12.5 Å². The molecule has 0 aliphatic carbocycles. The number of nitrogens with zero attached hydrogens (tertiary/aromatic N) is 1. The first kappa shape index (κ1) is 9.48. The van der Waals surface area contributed by atoms with Crippen LogP contribution in [0.5, 0.6) is 0 Å².